The van der Waals surface area contributed by atoms with Gasteiger partial charge in [-0.05, 0) is 24.3 Å². The van der Waals surface area contributed by atoms with Gasteiger partial charge in [-0.1, -0.05) is 26.0 Å². The Bertz CT molecular complexity index is 943. The summed E-state index contributed by atoms with van der Waals surface area (Å²) in [5.74, 6) is 1.14. The second-order valence-corrected chi connectivity index (χ2v) is 7.85. The lowest BCUT2D eigenvalue weighted by Crippen LogP contribution is -2.50. The molecule has 0 atom stereocenters. The average molecular weight is 442 g/mol. The summed E-state index contributed by atoms with van der Waals surface area (Å²) < 4.78 is 16.1. The number of anilines is 2. The van der Waals surface area contributed by atoms with Crippen molar-refractivity contribution in [3.05, 3.63) is 42.0 Å². The minimum Gasteiger partial charge on any atom is -0.493 e. The van der Waals surface area contributed by atoms with Crippen LogP contribution in [0.25, 0.3) is 0 Å². The van der Waals surface area contributed by atoms with Crippen LogP contribution in [0.3, 0.4) is 0 Å². The van der Waals surface area contributed by atoms with Crippen molar-refractivity contribution in [2.24, 2.45) is 5.92 Å². The Morgan fingerprint density at radius 1 is 0.906 bits per heavy atom. The Hall–Kier alpha value is -3.42. The van der Waals surface area contributed by atoms with Crippen LogP contribution in [0.15, 0.2) is 36.4 Å². The molecule has 3 rings (SSSR count). The summed E-state index contributed by atoms with van der Waals surface area (Å²) in [6.07, 6.45) is 0. The maximum absolute atomic E-state index is 13.1. The van der Waals surface area contributed by atoms with Crippen LogP contribution >= 0.6 is 0 Å². The van der Waals surface area contributed by atoms with Gasteiger partial charge in [0.1, 0.15) is 0 Å². The van der Waals surface area contributed by atoms with Crippen molar-refractivity contribution >= 4 is 23.2 Å². The van der Waals surface area contributed by atoms with Gasteiger partial charge in [-0.25, -0.2) is 0 Å². The van der Waals surface area contributed by atoms with Gasteiger partial charge in [0, 0.05) is 37.7 Å². The van der Waals surface area contributed by atoms with Crippen LogP contribution in [0.5, 0.6) is 17.2 Å². The number of nitrogens with zero attached hydrogens (tertiary/aromatic N) is 2. The van der Waals surface area contributed by atoms with Crippen molar-refractivity contribution in [2.75, 3.05) is 57.7 Å². The number of piperazine rings is 1. The van der Waals surface area contributed by atoms with Crippen LogP contribution in [-0.4, -0.2) is 64.2 Å². The molecule has 1 fully saturated rings. The summed E-state index contributed by atoms with van der Waals surface area (Å²) in [6, 6.07) is 10.9. The number of ether oxygens (including phenoxy) is 3. The Kier molecular flexibility index (Phi) is 7.45. The summed E-state index contributed by atoms with van der Waals surface area (Å²) in [5, 5.41) is 3.00. The molecule has 2 aromatic rings. The molecule has 0 aromatic heterocycles. The van der Waals surface area contributed by atoms with Crippen LogP contribution in [0.1, 0.15) is 24.2 Å². The number of nitrogens with one attached hydrogen (secondary N) is 1. The molecular formula is C24H31N3O5. The molecule has 8 heteroatoms. The van der Waals surface area contributed by atoms with Gasteiger partial charge in [-0.3, -0.25) is 9.59 Å². The molecule has 1 aliphatic rings. The van der Waals surface area contributed by atoms with Crippen LogP contribution in [0.2, 0.25) is 0 Å². The van der Waals surface area contributed by atoms with Crippen LogP contribution in [0.4, 0.5) is 11.4 Å². The normalized spacial score (nSPS) is 13.7. The van der Waals surface area contributed by atoms with E-state index in [9.17, 15) is 9.59 Å². The van der Waals surface area contributed by atoms with Crippen molar-refractivity contribution < 1.29 is 23.8 Å². The SMILES string of the molecule is COc1cc(C(=O)Nc2ccccc2N2CCN(C(=O)C(C)C)CC2)cc(OC)c1OC. The number of rotatable bonds is 7. The number of carbonyl (C=O) groups is 2. The van der Waals surface area contributed by atoms with Crippen molar-refractivity contribution in [1.29, 1.82) is 0 Å². The maximum Gasteiger partial charge on any atom is 0.255 e. The van der Waals surface area contributed by atoms with E-state index in [1.54, 1.807) is 12.1 Å². The third-order valence-electron chi connectivity index (χ3n) is 5.51. The number of carbonyl (C=O) groups excluding carboxylic acids is 2. The van der Waals surface area contributed by atoms with Gasteiger partial charge in [0.15, 0.2) is 11.5 Å². The maximum atomic E-state index is 13.1. The van der Waals surface area contributed by atoms with Gasteiger partial charge in [0.25, 0.3) is 5.91 Å². The Morgan fingerprint density at radius 2 is 1.50 bits per heavy atom. The first-order valence-corrected chi connectivity index (χ1v) is 10.6. The monoisotopic (exact) mass is 441 g/mol. The first kappa shape index (κ1) is 23.2. The molecule has 2 aromatic carbocycles. The van der Waals surface area contributed by atoms with E-state index < -0.39 is 0 Å². The van der Waals surface area contributed by atoms with Gasteiger partial charge < -0.3 is 29.3 Å². The van der Waals surface area contributed by atoms with Crippen LogP contribution < -0.4 is 24.4 Å². The van der Waals surface area contributed by atoms with Crippen molar-refractivity contribution in [1.82, 2.24) is 4.90 Å². The van der Waals surface area contributed by atoms with Gasteiger partial charge in [-0.15, -0.1) is 0 Å². The summed E-state index contributed by atoms with van der Waals surface area (Å²) >= 11 is 0. The molecule has 8 nitrogen and oxygen atoms in total. The molecule has 1 saturated heterocycles. The molecular weight excluding hydrogens is 410 g/mol. The molecule has 0 spiro atoms. The minimum atomic E-state index is -0.287. The summed E-state index contributed by atoms with van der Waals surface area (Å²) in [7, 11) is 4.54. The van der Waals surface area contributed by atoms with E-state index >= 15 is 0 Å². The van der Waals surface area contributed by atoms with Gasteiger partial charge in [-0.2, -0.15) is 0 Å². The van der Waals surface area contributed by atoms with E-state index in [1.165, 1.54) is 21.3 Å². The van der Waals surface area contributed by atoms with Gasteiger partial charge in [0.2, 0.25) is 11.7 Å². The first-order chi connectivity index (χ1) is 15.4. The summed E-state index contributed by atoms with van der Waals surface area (Å²) in [5.41, 5.74) is 2.02. The first-order valence-electron chi connectivity index (χ1n) is 10.6. The molecule has 1 aliphatic heterocycles. The number of para-hydroxylation sites is 2. The predicted molar refractivity (Wildman–Crippen MR) is 124 cm³/mol. The van der Waals surface area contributed by atoms with Gasteiger partial charge in [0.05, 0.1) is 32.7 Å². The van der Waals surface area contributed by atoms with Crippen LogP contribution in [-0.2, 0) is 4.79 Å². The molecule has 0 radical (unpaired) electrons. The standard InChI is InChI=1S/C24H31N3O5/c1-16(2)24(29)27-12-10-26(11-13-27)19-9-7-6-8-18(19)25-23(28)17-14-20(30-3)22(32-5)21(15-17)31-4/h6-9,14-16H,10-13H2,1-5H3,(H,25,28). The molecule has 0 bridgehead atoms. The second kappa shape index (κ2) is 10.3. The Morgan fingerprint density at radius 3 is 2.03 bits per heavy atom. The zero-order chi connectivity index (χ0) is 23.3. The summed E-state index contributed by atoms with van der Waals surface area (Å²) in [6.45, 7) is 6.56. The highest BCUT2D eigenvalue weighted by Gasteiger charge is 2.25. The molecule has 1 heterocycles. The zero-order valence-electron chi connectivity index (χ0n) is 19.3. The highest BCUT2D eigenvalue weighted by Crippen LogP contribution is 2.38. The number of hydrogen-bond donors (Lipinski definition) is 1. The lowest BCUT2D eigenvalue weighted by Gasteiger charge is -2.37. The highest BCUT2D eigenvalue weighted by molar-refractivity contribution is 6.06. The topological polar surface area (TPSA) is 80.3 Å². The Labute approximate surface area is 189 Å². The van der Waals surface area contributed by atoms with Crippen molar-refractivity contribution in [3.63, 3.8) is 0 Å². The number of amides is 2. The van der Waals surface area contributed by atoms with E-state index in [4.69, 9.17) is 14.2 Å². The summed E-state index contributed by atoms with van der Waals surface area (Å²) in [4.78, 5) is 29.4. The third-order valence-corrected chi connectivity index (χ3v) is 5.51. The van der Waals surface area contributed by atoms with E-state index in [-0.39, 0.29) is 17.7 Å². The molecule has 0 saturated carbocycles. The fraction of sp³-hybridized carbons (Fsp3) is 0.417. The van der Waals surface area contributed by atoms with Gasteiger partial charge >= 0.3 is 0 Å². The largest absolute Gasteiger partial charge is 0.493 e. The molecule has 0 unspecified atom stereocenters. The lowest BCUT2D eigenvalue weighted by atomic mass is 10.1. The predicted octanol–water partition coefficient (Wildman–Crippen LogP) is 3.27. The van der Waals surface area contributed by atoms with E-state index in [0.29, 0.717) is 54.7 Å². The quantitative estimate of drug-likeness (QED) is 0.710. The Balaban J connectivity index is 1.79. The molecule has 2 amide bonds. The minimum absolute atomic E-state index is 0.00777. The van der Waals surface area contributed by atoms with Crippen LogP contribution in [0, 0.1) is 5.92 Å². The lowest BCUT2D eigenvalue weighted by molar-refractivity contribution is -0.134. The third kappa shape index (κ3) is 4.90. The number of benzene rings is 2. The van der Waals surface area contributed by atoms with Crippen molar-refractivity contribution in [3.8, 4) is 17.2 Å². The van der Waals surface area contributed by atoms with E-state index in [0.717, 1.165) is 5.69 Å². The highest BCUT2D eigenvalue weighted by atomic mass is 16.5. The average Bonchev–Trinajstić information content (AvgIpc) is 2.82. The number of hydrogen-bond acceptors (Lipinski definition) is 6. The second-order valence-electron chi connectivity index (χ2n) is 7.85. The molecule has 172 valence electrons. The fourth-order valence-electron chi connectivity index (χ4n) is 3.79. The number of methoxy groups -OCH3 is 3. The smallest absolute Gasteiger partial charge is 0.255 e. The molecule has 0 aliphatic carbocycles. The van der Waals surface area contributed by atoms with E-state index in [2.05, 4.69) is 10.2 Å². The van der Waals surface area contributed by atoms with Crippen molar-refractivity contribution in [2.45, 2.75) is 13.8 Å². The zero-order valence-corrected chi connectivity index (χ0v) is 19.3. The molecule has 1 N–H and O–H groups in total. The van der Waals surface area contributed by atoms with E-state index in [1.807, 2.05) is 43.0 Å². The fourth-order valence-corrected chi connectivity index (χ4v) is 3.79. The molecule has 32 heavy (non-hydrogen) atoms.